The highest BCUT2D eigenvalue weighted by atomic mass is 16.3. The van der Waals surface area contributed by atoms with Crippen LogP contribution in [0, 0.1) is 0 Å². The maximum Gasteiger partial charge on any atom is 0.253 e. The molecule has 7 heteroatoms. The monoisotopic (exact) mass is 363 g/mol. The number of hydrogen-bond donors (Lipinski definition) is 3. The maximum absolute atomic E-state index is 12.0. The van der Waals surface area contributed by atoms with Gasteiger partial charge in [0.1, 0.15) is 11.5 Å². The van der Waals surface area contributed by atoms with Crippen LogP contribution in [0.2, 0.25) is 0 Å². The highest BCUT2D eigenvalue weighted by Crippen LogP contribution is 2.24. The van der Waals surface area contributed by atoms with E-state index in [1.165, 1.54) is 11.1 Å². The average Bonchev–Trinajstić information content (AvgIpc) is 2.68. The summed E-state index contributed by atoms with van der Waals surface area (Å²) in [6.45, 7) is 0. The topological polar surface area (TPSA) is 104 Å². The highest BCUT2D eigenvalue weighted by molar-refractivity contribution is 5.94. The van der Waals surface area contributed by atoms with Crippen LogP contribution < -0.4 is 11.1 Å². The zero-order valence-electron chi connectivity index (χ0n) is 15.1. The standard InChI is InChI=1S/C20H21N5O2/c1-25(2)20(27)14-10-8-13(9-11-14)16-12-22-18(21)17(24-16)19(26)23-15-6-4-3-5-7-15/h3-12,19,23,26H,1-2H3,(H2,21,22). The Bertz CT molecular complexity index is 927. The number of nitrogens with two attached hydrogens (primary N) is 1. The predicted octanol–water partition coefficient (Wildman–Crippen LogP) is 2.53. The minimum atomic E-state index is -1.10. The second-order valence-corrected chi connectivity index (χ2v) is 6.22. The Morgan fingerprint density at radius 1 is 1.11 bits per heavy atom. The predicted molar refractivity (Wildman–Crippen MR) is 105 cm³/mol. The van der Waals surface area contributed by atoms with E-state index in [9.17, 15) is 9.90 Å². The molecule has 1 unspecified atom stereocenters. The molecule has 138 valence electrons. The first-order valence-corrected chi connectivity index (χ1v) is 8.40. The fourth-order valence-corrected chi connectivity index (χ4v) is 2.56. The van der Waals surface area contributed by atoms with Gasteiger partial charge < -0.3 is 21.1 Å². The lowest BCUT2D eigenvalue weighted by Gasteiger charge is -2.16. The smallest absolute Gasteiger partial charge is 0.253 e. The summed E-state index contributed by atoms with van der Waals surface area (Å²) in [6, 6.07) is 16.3. The average molecular weight is 363 g/mol. The van der Waals surface area contributed by atoms with Crippen molar-refractivity contribution in [1.82, 2.24) is 14.9 Å². The number of para-hydroxylation sites is 1. The van der Waals surface area contributed by atoms with Gasteiger partial charge in [-0.15, -0.1) is 0 Å². The number of aromatic nitrogens is 2. The van der Waals surface area contributed by atoms with Crippen LogP contribution in [0.15, 0.2) is 60.8 Å². The molecule has 0 aliphatic rings. The largest absolute Gasteiger partial charge is 0.382 e. The molecule has 7 nitrogen and oxygen atoms in total. The van der Waals surface area contributed by atoms with Gasteiger partial charge in [0.05, 0.1) is 11.9 Å². The van der Waals surface area contributed by atoms with Gasteiger partial charge in [-0.05, 0) is 24.3 Å². The third kappa shape index (κ3) is 4.21. The number of hydrogen-bond acceptors (Lipinski definition) is 6. The van der Waals surface area contributed by atoms with Gasteiger partial charge in [-0.25, -0.2) is 9.97 Å². The summed E-state index contributed by atoms with van der Waals surface area (Å²) in [5.74, 6) is 0.0715. The van der Waals surface area contributed by atoms with E-state index in [2.05, 4.69) is 15.3 Å². The van der Waals surface area contributed by atoms with Crippen LogP contribution in [0.1, 0.15) is 22.3 Å². The molecule has 1 aromatic heterocycles. The van der Waals surface area contributed by atoms with Crippen LogP contribution in [0.25, 0.3) is 11.3 Å². The maximum atomic E-state index is 12.0. The minimum absolute atomic E-state index is 0.0758. The Hall–Kier alpha value is -3.45. The first kappa shape index (κ1) is 18.3. The number of nitrogens with one attached hydrogen (secondary N) is 1. The first-order chi connectivity index (χ1) is 13.0. The third-order valence-corrected chi connectivity index (χ3v) is 4.00. The molecule has 0 saturated heterocycles. The molecule has 3 rings (SSSR count). The molecule has 4 N–H and O–H groups in total. The van der Waals surface area contributed by atoms with Crippen molar-refractivity contribution in [3.8, 4) is 11.3 Å². The molecular weight excluding hydrogens is 342 g/mol. The quantitative estimate of drug-likeness (QED) is 0.602. The molecule has 27 heavy (non-hydrogen) atoms. The van der Waals surface area contributed by atoms with Crippen LogP contribution in [0.4, 0.5) is 11.5 Å². The Labute approximate surface area is 157 Å². The van der Waals surface area contributed by atoms with Crippen LogP contribution in [0.3, 0.4) is 0 Å². The van der Waals surface area contributed by atoms with E-state index < -0.39 is 6.23 Å². The van der Waals surface area contributed by atoms with Crippen LogP contribution in [-0.2, 0) is 0 Å². The number of benzene rings is 2. The summed E-state index contributed by atoms with van der Waals surface area (Å²) in [4.78, 5) is 22.1. The Balaban J connectivity index is 1.85. The zero-order chi connectivity index (χ0) is 19.4. The molecule has 0 aliphatic heterocycles. The molecular formula is C20H21N5O2. The second kappa shape index (κ2) is 7.84. The SMILES string of the molecule is CN(C)C(=O)c1ccc(-c2cnc(N)c(C(O)Nc3ccccc3)n2)cc1. The number of anilines is 2. The van der Waals surface area contributed by atoms with E-state index in [1.54, 1.807) is 38.4 Å². The number of carbonyl (C=O) groups is 1. The number of nitrogens with zero attached hydrogens (tertiary/aromatic N) is 3. The molecule has 3 aromatic rings. The normalized spacial score (nSPS) is 11.7. The molecule has 0 bridgehead atoms. The van der Waals surface area contributed by atoms with Gasteiger partial charge in [0.15, 0.2) is 6.23 Å². The number of nitrogen functional groups attached to an aromatic ring is 1. The van der Waals surface area contributed by atoms with E-state index >= 15 is 0 Å². The Morgan fingerprint density at radius 2 is 1.78 bits per heavy atom. The lowest BCUT2D eigenvalue weighted by atomic mass is 10.1. The van der Waals surface area contributed by atoms with Gasteiger partial charge in [0, 0.05) is 30.9 Å². The number of aliphatic hydroxyl groups is 1. The van der Waals surface area contributed by atoms with Crippen LogP contribution >= 0.6 is 0 Å². The van der Waals surface area contributed by atoms with Crippen LogP contribution in [-0.4, -0.2) is 40.0 Å². The third-order valence-electron chi connectivity index (χ3n) is 4.00. The van der Waals surface area contributed by atoms with E-state index in [0.29, 0.717) is 11.3 Å². The summed E-state index contributed by atoms with van der Waals surface area (Å²) in [5, 5.41) is 13.4. The molecule has 0 fully saturated rings. The van der Waals surface area contributed by atoms with Gasteiger partial charge in [-0.1, -0.05) is 30.3 Å². The summed E-state index contributed by atoms with van der Waals surface area (Å²) < 4.78 is 0. The number of amides is 1. The van der Waals surface area contributed by atoms with Crippen molar-refractivity contribution >= 4 is 17.4 Å². The number of aliphatic hydroxyl groups excluding tert-OH is 1. The molecule has 0 spiro atoms. The zero-order valence-corrected chi connectivity index (χ0v) is 15.1. The summed E-state index contributed by atoms with van der Waals surface area (Å²) in [6.07, 6.45) is 0.436. The Kier molecular flexibility index (Phi) is 5.33. The van der Waals surface area contributed by atoms with Crippen molar-refractivity contribution < 1.29 is 9.90 Å². The minimum Gasteiger partial charge on any atom is -0.382 e. The summed E-state index contributed by atoms with van der Waals surface area (Å²) >= 11 is 0. The van der Waals surface area contributed by atoms with Crippen LogP contribution in [0.5, 0.6) is 0 Å². The van der Waals surface area contributed by atoms with Gasteiger partial charge in [0.25, 0.3) is 5.91 Å². The van der Waals surface area contributed by atoms with Crippen molar-refractivity contribution in [3.63, 3.8) is 0 Å². The van der Waals surface area contributed by atoms with Gasteiger partial charge >= 0.3 is 0 Å². The van der Waals surface area contributed by atoms with E-state index in [0.717, 1.165) is 11.3 Å². The molecule has 0 radical (unpaired) electrons. The molecule has 1 heterocycles. The summed E-state index contributed by atoms with van der Waals surface area (Å²) in [5.41, 5.74) is 8.78. The Morgan fingerprint density at radius 3 is 2.41 bits per heavy atom. The summed E-state index contributed by atoms with van der Waals surface area (Å²) in [7, 11) is 3.41. The fraction of sp³-hybridized carbons (Fsp3) is 0.150. The van der Waals surface area contributed by atoms with E-state index in [4.69, 9.17) is 5.73 Å². The van der Waals surface area contributed by atoms with Gasteiger partial charge in [0.2, 0.25) is 0 Å². The van der Waals surface area contributed by atoms with Gasteiger partial charge in [-0.3, -0.25) is 4.79 Å². The highest BCUT2D eigenvalue weighted by Gasteiger charge is 2.16. The lowest BCUT2D eigenvalue weighted by molar-refractivity contribution is 0.0827. The molecule has 1 amide bonds. The second-order valence-electron chi connectivity index (χ2n) is 6.22. The molecule has 0 aliphatic carbocycles. The van der Waals surface area contributed by atoms with Crippen molar-refractivity contribution in [2.45, 2.75) is 6.23 Å². The van der Waals surface area contributed by atoms with E-state index in [1.807, 2.05) is 30.3 Å². The van der Waals surface area contributed by atoms with Crippen molar-refractivity contribution in [3.05, 3.63) is 72.1 Å². The first-order valence-electron chi connectivity index (χ1n) is 8.40. The van der Waals surface area contributed by atoms with Crippen molar-refractivity contribution in [2.24, 2.45) is 0 Å². The molecule has 2 aromatic carbocycles. The van der Waals surface area contributed by atoms with E-state index in [-0.39, 0.29) is 17.4 Å². The fourth-order valence-electron chi connectivity index (χ4n) is 2.56. The lowest BCUT2D eigenvalue weighted by Crippen LogP contribution is -2.21. The molecule has 0 saturated carbocycles. The number of carbonyl (C=O) groups excluding carboxylic acids is 1. The van der Waals surface area contributed by atoms with Crippen molar-refractivity contribution in [1.29, 1.82) is 0 Å². The van der Waals surface area contributed by atoms with Gasteiger partial charge in [-0.2, -0.15) is 0 Å². The number of rotatable bonds is 5. The molecule has 1 atom stereocenters. The van der Waals surface area contributed by atoms with Crippen molar-refractivity contribution in [2.75, 3.05) is 25.1 Å².